The molecule has 1 heterocycles. The molecule has 0 unspecified atom stereocenters. The van der Waals surface area contributed by atoms with E-state index in [2.05, 4.69) is 15.6 Å². The maximum atomic E-state index is 8.43. The summed E-state index contributed by atoms with van der Waals surface area (Å²) in [5.74, 6) is 1.08. The van der Waals surface area contributed by atoms with Crippen LogP contribution in [0, 0.1) is 11.3 Å². The van der Waals surface area contributed by atoms with Crippen molar-refractivity contribution in [3.05, 3.63) is 18.2 Å². The molecule has 0 aromatic carbocycles. The SMILES string of the molecule is COCC[n+]1cc[nH]c1CCC#N. The van der Waals surface area contributed by atoms with Crippen LogP contribution in [0.15, 0.2) is 12.4 Å². The first-order chi connectivity index (χ1) is 6.38. The number of H-pyrrole nitrogens is 1. The third kappa shape index (κ3) is 2.88. The van der Waals surface area contributed by atoms with Gasteiger partial charge in [0.05, 0.1) is 19.1 Å². The topological polar surface area (TPSA) is 52.7 Å². The lowest BCUT2D eigenvalue weighted by Crippen LogP contribution is -2.38. The van der Waals surface area contributed by atoms with Crippen molar-refractivity contribution in [3.8, 4) is 6.07 Å². The summed E-state index contributed by atoms with van der Waals surface area (Å²) in [5.41, 5.74) is 0. The molecule has 0 atom stereocenters. The fraction of sp³-hybridized carbons (Fsp3) is 0.556. The predicted octanol–water partition coefficient (Wildman–Crippen LogP) is 0.405. The number of hydrogen-bond donors (Lipinski definition) is 1. The number of aromatic amines is 1. The number of nitrogens with zero attached hydrogens (tertiary/aromatic N) is 2. The molecule has 70 valence electrons. The molecule has 13 heavy (non-hydrogen) atoms. The average Bonchev–Trinajstić information content (AvgIpc) is 2.59. The van der Waals surface area contributed by atoms with Crippen LogP contribution >= 0.6 is 0 Å². The Labute approximate surface area is 77.8 Å². The highest BCUT2D eigenvalue weighted by Gasteiger charge is 2.08. The second-order valence-corrected chi connectivity index (χ2v) is 2.75. The van der Waals surface area contributed by atoms with E-state index in [4.69, 9.17) is 10.00 Å². The van der Waals surface area contributed by atoms with Crippen molar-refractivity contribution < 1.29 is 9.30 Å². The van der Waals surface area contributed by atoms with E-state index in [-0.39, 0.29) is 0 Å². The predicted molar refractivity (Wildman–Crippen MR) is 46.8 cm³/mol. The van der Waals surface area contributed by atoms with E-state index in [1.807, 2.05) is 12.4 Å². The van der Waals surface area contributed by atoms with Crippen LogP contribution in [0.3, 0.4) is 0 Å². The van der Waals surface area contributed by atoms with Gasteiger partial charge < -0.3 is 4.74 Å². The van der Waals surface area contributed by atoms with Gasteiger partial charge >= 0.3 is 0 Å². The van der Waals surface area contributed by atoms with Crippen molar-refractivity contribution in [1.29, 1.82) is 5.26 Å². The number of methoxy groups -OCH3 is 1. The highest BCUT2D eigenvalue weighted by atomic mass is 16.5. The van der Waals surface area contributed by atoms with Gasteiger partial charge in [-0.25, -0.2) is 9.55 Å². The van der Waals surface area contributed by atoms with Crippen molar-refractivity contribution in [2.24, 2.45) is 0 Å². The second kappa shape index (κ2) is 5.33. The van der Waals surface area contributed by atoms with Crippen LogP contribution < -0.4 is 4.57 Å². The molecule has 0 aliphatic carbocycles. The molecule has 1 aromatic rings. The lowest BCUT2D eigenvalue weighted by molar-refractivity contribution is -0.704. The minimum absolute atomic E-state index is 0.549. The van der Waals surface area contributed by atoms with E-state index in [1.54, 1.807) is 7.11 Å². The standard InChI is InChI=1S/C9H13N3O/c1-13-8-7-12-6-5-11-9(12)3-2-4-10/h5-6H,2-3,7-8H2,1H3/p+1. The summed E-state index contributed by atoms with van der Waals surface area (Å²) < 4.78 is 7.05. The Kier molecular flexibility index (Phi) is 4.00. The fourth-order valence-electron chi connectivity index (χ4n) is 1.19. The van der Waals surface area contributed by atoms with Crippen LogP contribution in [0.2, 0.25) is 0 Å². The highest BCUT2D eigenvalue weighted by molar-refractivity contribution is 4.82. The zero-order valence-electron chi connectivity index (χ0n) is 7.79. The summed E-state index contributed by atoms with van der Waals surface area (Å²) >= 11 is 0. The van der Waals surface area contributed by atoms with Gasteiger partial charge in [-0.05, 0) is 0 Å². The Morgan fingerprint density at radius 2 is 2.54 bits per heavy atom. The van der Waals surface area contributed by atoms with Gasteiger partial charge in [0.15, 0.2) is 0 Å². The van der Waals surface area contributed by atoms with Crippen molar-refractivity contribution >= 4 is 0 Å². The smallest absolute Gasteiger partial charge is 0.255 e. The highest BCUT2D eigenvalue weighted by Crippen LogP contribution is 1.91. The zero-order chi connectivity index (χ0) is 9.52. The number of imidazole rings is 1. The number of aryl methyl sites for hydroxylation is 1. The summed E-state index contributed by atoms with van der Waals surface area (Å²) in [6, 6.07) is 2.12. The summed E-state index contributed by atoms with van der Waals surface area (Å²) in [6.45, 7) is 1.53. The van der Waals surface area contributed by atoms with E-state index < -0.39 is 0 Å². The number of aromatic nitrogens is 2. The van der Waals surface area contributed by atoms with Crippen molar-refractivity contribution in [2.75, 3.05) is 13.7 Å². The van der Waals surface area contributed by atoms with Crippen LogP contribution in [-0.2, 0) is 17.7 Å². The molecule has 0 aliphatic heterocycles. The van der Waals surface area contributed by atoms with Crippen LogP contribution in [0.1, 0.15) is 12.2 Å². The third-order valence-corrected chi connectivity index (χ3v) is 1.86. The van der Waals surface area contributed by atoms with E-state index in [1.165, 1.54) is 0 Å². The summed E-state index contributed by atoms with van der Waals surface area (Å²) in [6.07, 6.45) is 5.16. The van der Waals surface area contributed by atoms with Gasteiger partial charge in [0.2, 0.25) is 0 Å². The lowest BCUT2D eigenvalue weighted by atomic mass is 10.3. The average molecular weight is 180 g/mol. The lowest BCUT2D eigenvalue weighted by Gasteiger charge is -1.97. The number of ether oxygens (including phenoxy) is 1. The molecule has 0 fully saturated rings. The molecule has 0 saturated carbocycles. The molecule has 1 rings (SSSR count). The summed E-state index contributed by atoms with van der Waals surface area (Å²) in [7, 11) is 1.68. The quantitative estimate of drug-likeness (QED) is 0.667. The first kappa shape index (κ1) is 9.75. The van der Waals surface area contributed by atoms with Crippen molar-refractivity contribution in [3.63, 3.8) is 0 Å². The minimum atomic E-state index is 0.549. The molecule has 0 amide bonds. The van der Waals surface area contributed by atoms with Crippen LogP contribution in [0.25, 0.3) is 0 Å². The van der Waals surface area contributed by atoms with E-state index in [0.717, 1.165) is 18.8 Å². The van der Waals surface area contributed by atoms with E-state index >= 15 is 0 Å². The normalized spacial score (nSPS) is 9.85. The van der Waals surface area contributed by atoms with Gasteiger partial charge in [0.25, 0.3) is 5.82 Å². The Hall–Kier alpha value is -1.34. The largest absolute Gasteiger partial charge is 0.381 e. The van der Waals surface area contributed by atoms with Gasteiger partial charge in [-0.1, -0.05) is 0 Å². The fourth-order valence-corrected chi connectivity index (χ4v) is 1.19. The van der Waals surface area contributed by atoms with Gasteiger partial charge in [0, 0.05) is 13.5 Å². The first-order valence-corrected chi connectivity index (χ1v) is 4.30. The maximum Gasteiger partial charge on any atom is 0.255 e. The molecule has 0 bridgehead atoms. The van der Waals surface area contributed by atoms with Gasteiger partial charge in [-0.15, -0.1) is 0 Å². The van der Waals surface area contributed by atoms with Crippen molar-refractivity contribution in [2.45, 2.75) is 19.4 Å². The van der Waals surface area contributed by atoms with Crippen LogP contribution in [-0.4, -0.2) is 18.7 Å². The number of hydrogen-bond acceptors (Lipinski definition) is 2. The monoisotopic (exact) mass is 180 g/mol. The molecular weight excluding hydrogens is 166 g/mol. The third-order valence-electron chi connectivity index (χ3n) is 1.86. The Bertz CT molecular complexity index is 287. The molecule has 4 heteroatoms. The summed E-state index contributed by atoms with van der Waals surface area (Å²) in [4.78, 5) is 3.11. The summed E-state index contributed by atoms with van der Waals surface area (Å²) in [5, 5.41) is 8.43. The van der Waals surface area contributed by atoms with Gasteiger partial charge in [0.1, 0.15) is 18.9 Å². The van der Waals surface area contributed by atoms with Crippen LogP contribution in [0.5, 0.6) is 0 Å². The Morgan fingerprint density at radius 3 is 3.23 bits per heavy atom. The maximum absolute atomic E-state index is 8.43. The molecule has 0 radical (unpaired) electrons. The number of nitriles is 1. The van der Waals surface area contributed by atoms with Gasteiger partial charge in [-0.3, -0.25) is 0 Å². The van der Waals surface area contributed by atoms with Gasteiger partial charge in [-0.2, -0.15) is 5.26 Å². The minimum Gasteiger partial charge on any atom is -0.381 e. The zero-order valence-corrected chi connectivity index (χ0v) is 7.79. The molecule has 4 nitrogen and oxygen atoms in total. The molecule has 1 aromatic heterocycles. The number of nitrogens with one attached hydrogen (secondary N) is 1. The second-order valence-electron chi connectivity index (χ2n) is 2.75. The first-order valence-electron chi connectivity index (χ1n) is 4.30. The molecule has 0 saturated heterocycles. The molecule has 0 aliphatic rings. The Balaban J connectivity index is 2.51. The van der Waals surface area contributed by atoms with E-state index in [9.17, 15) is 0 Å². The molecule has 0 spiro atoms. The van der Waals surface area contributed by atoms with Crippen LogP contribution in [0.4, 0.5) is 0 Å². The van der Waals surface area contributed by atoms with Crippen molar-refractivity contribution in [1.82, 2.24) is 4.98 Å². The number of rotatable bonds is 5. The molecular formula is C9H14N3O+. The molecule has 1 N–H and O–H groups in total. The van der Waals surface area contributed by atoms with E-state index in [0.29, 0.717) is 13.0 Å². The Morgan fingerprint density at radius 1 is 1.69 bits per heavy atom.